The quantitative estimate of drug-likeness (QED) is 0.561. The molecule has 0 radical (unpaired) electrons. The summed E-state index contributed by atoms with van der Waals surface area (Å²) < 4.78 is 34.8. The molecule has 1 aromatic rings. The second-order valence-electron chi connectivity index (χ2n) is 6.71. The van der Waals surface area contributed by atoms with Gasteiger partial charge in [0.15, 0.2) is 9.84 Å². The molecule has 0 saturated heterocycles. The number of esters is 2. The van der Waals surface area contributed by atoms with Gasteiger partial charge in [-0.25, -0.2) is 18.0 Å². The number of aryl methyl sites for hydroxylation is 1. The van der Waals surface area contributed by atoms with Crippen LogP contribution in [0.2, 0.25) is 0 Å². The standard InChI is InChI=1S/C20H26N2O7S/c1-4-15-18(19(24)28-5-2)16(22-20(25)21-15)12-29-17(23)10-11-30(26,27)14-8-6-13(3)7-9-14/h6-9,15H,4-5,10-12H2,1-3H3,(H2,21,22,25). The molecule has 1 atom stereocenters. The van der Waals surface area contributed by atoms with Gasteiger partial charge in [0.1, 0.15) is 6.61 Å². The number of carbonyl (C=O) groups is 3. The molecule has 1 aliphatic heterocycles. The number of nitrogens with one attached hydrogen (secondary N) is 2. The monoisotopic (exact) mass is 438 g/mol. The van der Waals surface area contributed by atoms with Gasteiger partial charge in [0.25, 0.3) is 0 Å². The topological polar surface area (TPSA) is 128 Å². The minimum absolute atomic E-state index is 0.124. The van der Waals surface area contributed by atoms with Gasteiger partial charge in [-0.2, -0.15) is 0 Å². The number of ether oxygens (including phenoxy) is 2. The third kappa shape index (κ3) is 6.06. The SMILES string of the molecule is CCOC(=O)C1=C(COC(=O)CCS(=O)(=O)c2ccc(C)cc2)NC(=O)NC1CC. The summed E-state index contributed by atoms with van der Waals surface area (Å²) in [5.74, 6) is -1.79. The minimum Gasteiger partial charge on any atom is -0.463 e. The lowest BCUT2D eigenvalue weighted by Gasteiger charge is -2.28. The van der Waals surface area contributed by atoms with Gasteiger partial charge in [-0.05, 0) is 32.4 Å². The average Bonchev–Trinajstić information content (AvgIpc) is 2.70. The van der Waals surface area contributed by atoms with E-state index in [1.165, 1.54) is 12.1 Å². The third-order valence-electron chi connectivity index (χ3n) is 4.48. The molecule has 10 heteroatoms. The van der Waals surface area contributed by atoms with Crippen molar-refractivity contribution < 1.29 is 32.3 Å². The van der Waals surface area contributed by atoms with Crippen LogP contribution < -0.4 is 10.6 Å². The fourth-order valence-electron chi connectivity index (χ4n) is 2.88. The molecule has 2 N–H and O–H groups in total. The summed E-state index contributed by atoms with van der Waals surface area (Å²) in [4.78, 5) is 36.3. The summed E-state index contributed by atoms with van der Waals surface area (Å²) in [6.07, 6.45) is 0.0788. The summed E-state index contributed by atoms with van der Waals surface area (Å²) in [6.45, 7) is 5.06. The number of sulfone groups is 1. The Hall–Kier alpha value is -2.88. The number of rotatable bonds is 9. The largest absolute Gasteiger partial charge is 0.463 e. The van der Waals surface area contributed by atoms with Crippen LogP contribution >= 0.6 is 0 Å². The summed E-state index contributed by atoms with van der Waals surface area (Å²) in [6, 6.07) is 5.23. The number of carbonyl (C=O) groups excluding carboxylic acids is 3. The lowest BCUT2D eigenvalue weighted by molar-refractivity contribution is -0.143. The van der Waals surface area contributed by atoms with Crippen LogP contribution in [-0.4, -0.2) is 51.4 Å². The molecular weight excluding hydrogens is 412 g/mol. The minimum atomic E-state index is -3.64. The fraction of sp³-hybridized carbons (Fsp3) is 0.450. The highest BCUT2D eigenvalue weighted by molar-refractivity contribution is 7.91. The van der Waals surface area contributed by atoms with E-state index in [4.69, 9.17) is 9.47 Å². The first kappa shape index (κ1) is 23.4. The summed E-state index contributed by atoms with van der Waals surface area (Å²) in [5.41, 5.74) is 1.23. The molecule has 2 rings (SSSR count). The van der Waals surface area contributed by atoms with Crippen LogP contribution in [-0.2, 0) is 28.9 Å². The lowest BCUT2D eigenvalue weighted by atomic mass is 10.0. The zero-order valence-corrected chi connectivity index (χ0v) is 18.0. The summed E-state index contributed by atoms with van der Waals surface area (Å²) >= 11 is 0. The van der Waals surface area contributed by atoms with E-state index < -0.39 is 39.6 Å². The van der Waals surface area contributed by atoms with Gasteiger partial charge in [-0.1, -0.05) is 24.6 Å². The predicted molar refractivity (Wildman–Crippen MR) is 108 cm³/mol. The Morgan fingerprint density at radius 2 is 1.77 bits per heavy atom. The number of hydrogen-bond acceptors (Lipinski definition) is 7. The first-order valence-electron chi connectivity index (χ1n) is 9.60. The molecule has 0 saturated carbocycles. The van der Waals surface area contributed by atoms with Gasteiger partial charge in [0.05, 0.1) is 41.0 Å². The molecule has 0 aromatic heterocycles. The van der Waals surface area contributed by atoms with Gasteiger partial charge < -0.3 is 20.1 Å². The molecule has 9 nitrogen and oxygen atoms in total. The molecule has 0 bridgehead atoms. The highest BCUT2D eigenvalue weighted by Gasteiger charge is 2.32. The Labute approximate surface area is 175 Å². The van der Waals surface area contributed by atoms with Crippen molar-refractivity contribution >= 4 is 27.8 Å². The lowest BCUT2D eigenvalue weighted by Crippen LogP contribution is -2.51. The predicted octanol–water partition coefficient (Wildman–Crippen LogP) is 1.61. The Morgan fingerprint density at radius 3 is 2.37 bits per heavy atom. The van der Waals surface area contributed by atoms with Crippen molar-refractivity contribution in [2.24, 2.45) is 0 Å². The van der Waals surface area contributed by atoms with Crippen molar-refractivity contribution in [3.8, 4) is 0 Å². The van der Waals surface area contributed by atoms with Crippen molar-refractivity contribution in [3.05, 3.63) is 41.1 Å². The molecule has 1 aromatic carbocycles. The van der Waals surface area contributed by atoms with Crippen LogP contribution in [0.3, 0.4) is 0 Å². The van der Waals surface area contributed by atoms with Crippen LogP contribution in [0.4, 0.5) is 4.79 Å². The number of hydrogen-bond donors (Lipinski definition) is 2. The van der Waals surface area contributed by atoms with Gasteiger partial charge >= 0.3 is 18.0 Å². The van der Waals surface area contributed by atoms with E-state index in [1.807, 2.05) is 6.92 Å². The van der Waals surface area contributed by atoms with Gasteiger partial charge in [0.2, 0.25) is 0 Å². The first-order chi connectivity index (χ1) is 14.2. The van der Waals surface area contributed by atoms with Crippen molar-refractivity contribution in [1.29, 1.82) is 0 Å². The van der Waals surface area contributed by atoms with E-state index in [0.717, 1.165) is 5.56 Å². The van der Waals surface area contributed by atoms with Crippen LogP contribution in [0.5, 0.6) is 0 Å². The van der Waals surface area contributed by atoms with E-state index in [9.17, 15) is 22.8 Å². The number of urea groups is 1. The van der Waals surface area contributed by atoms with Crippen molar-refractivity contribution in [2.75, 3.05) is 19.0 Å². The van der Waals surface area contributed by atoms with Gasteiger partial charge in [0, 0.05) is 0 Å². The molecule has 30 heavy (non-hydrogen) atoms. The molecule has 2 amide bonds. The van der Waals surface area contributed by atoms with Crippen molar-refractivity contribution in [3.63, 3.8) is 0 Å². The molecule has 0 aliphatic carbocycles. The Bertz CT molecular complexity index is 936. The number of benzene rings is 1. The Balaban J connectivity index is 2.04. The molecule has 1 unspecified atom stereocenters. The van der Waals surface area contributed by atoms with Crippen LogP contribution in [0.1, 0.15) is 32.3 Å². The van der Waals surface area contributed by atoms with Crippen molar-refractivity contribution in [2.45, 2.75) is 44.6 Å². The molecule has 0 fully saturated rings. The smallest absolute Gasteiger partial charge is 0.338 e. The fourth-order valence-corrected chi connectivity index (χ4v) is 4.10. The van der Waals surface area contributed by atoms with Crippen LogP contribution in [0.25, 0.3) is 0 Å². The first-order valence-corrected chi connectivity index (χ1v) is 11.3. The second-order valence-corrected chi connectivity index (χ2v) is 8.82. The normalized spacial score (nSPS) is 16.5. The van der Waals surface area contributed by atoms with E-state index in [1.54, 1.807) is 26.0 Å². The van der Waals surface area contributed by atoms with Crippen LogP contribution in [0, 0.1) is 6.92 Å². The zero-order chi connectivity index (χ0) is 22.3. The molecule has 0 spiro atoms. The van der Waals surface area contributed by atoms with Crippen LogP contribution in [0.15, 0.2) is 40.4 Å². The maximum atomic E-state index is 12.3. The van der Waals surface area contributed by atoms with E-state index in [2.05, 4.69) is 10.6 Å². The number of amides is 2. The third-order valence-corrected chi connectivity index (χ3v) is 6.21. The highest BCUT2D eigenvalue weighted by atomic mass is 32.2. The maximum absolute atomic E-state index is 12.3. The summed E-state index contributed by atoms with van der Waals surface area (Å²) in [7, 11) is -3.64. The van der Waals surface area contributed by atoms with E-state index in [0.29, 0.717) is 6.42 Å². The maximum Gasteiger partial charge on any atom is 0.338 e. The summed E-state index contributed by atoms with van der Waals surface area (Å²) in [5, 5.41) is 5.07. The van der Waals surface area contributed by atoms with Gasteiger partial charge in [-0.15, -0.1) is 0 Å². The highest BCUT2D eigenvalue weighted by Crippen LogP contribution is 2.18. The Kier molecular flexibility index (Phi) is 7.99. The van der Waals surface area contributed by atoms with Gasteiger partial charge in [-0.3, -0.25) is 4.79 Å². The average molecular weight is 439 g/mol. The second kappa shape index (κ2) is 10.2. The zero-order valence-electron chi connectivity index (χ0n) is 17.2. The molecule has 164 valence electrons. The molecular formula is C20H26N2O7S. The van der Waals surface area contributed by atoms with E-state index in [-0.39, 0.29) is 35.8 Å². The molecule has 1 heterocycles. The molecule has 1 aliphatic rings. The Morgan fingerprint density at radius 1 is 1.10 bits per heavy atom. The van der Waals surface area contributed by atoms with E-state index >= 15 is 0 Å². The van der Waals surface area contributed by atoms with Crippen molar-refractivity contribution in [1.82, 2.24) is 10.6 Å².